The molecule has 24 heavy (non-hydrogen) atoms. The number of rotatable bonds is 4. The van der Waals surface area contributed by atoms with Gasteiger partial charge in [-0.15, -0.1) is 0 Å². The van der Waals surface area contributed by atoms with Crippen LogP contribution in [0.3, 0.4) is 0 Å². The fourth-order valence-corrected chi connectivity index (χ4v) is 3.36. The maximum absolute atomic E-state index is 12.4. The first kappa shape index (κ1) is 21.3. The molecule has 1 fully saturated rings. The number of hydrogen-bond donors (Lipinski definition) is 0. The lowest BCUT2D eigenvalue weighted by molar-refractivity contribution is 0.0131. The minimum absolute atomic E-state index is 0.196. The third kappa shape index (κ3) is 6.63. The van der Waals surface area contributed by atoms with Crippen LogP contribution >= 0.6 is 0 Å². The predicted octanol–water partition coefficient (Wildman–Crippen LogP) is 4.34. The van der Waals surface area contributed by atoms with Crippen LogP contribution < -0.4 is 0 Å². The van der Waals surface area contributed by atoms with E-state index in [0.717, 1.165) is 19.3 Å². The highest BCUT2D eigenvalue weighted by atomic mass is 32.2. The van der Waals surface area contributed by atoms with Gasteiger partial charge in [-0.2, -0.15) is 0 Å². The Morgan fingerprint density at radius 2 is 1.92 bits per heavy atom. The van der Waals surface area contributed by atoms with E-state index >= 15 is 0 Å². The van der Waals surface area contributed by atoms with Gasteiger partial charge < -0.3 is 14.2 Å². The van der Waals surface area contributed by atoms with E-state index in [1.807, 2.05) is 46.4 Å². The summed E-state index contributed by atoms with van der Waals surface area (Å²) in [5.74, 6) is 0.419. The van der Waals surface area contributed by atoms with Crippen LogP contribution in [0.4, 0.5) is 4.79 Å². The third-order valence-electron chi connectivity index (χ3n) is 3.97. The molecule has 1 aliphatic heterocycles. The Balaban J connectivity index is 2.53. The third-order valence-corrected chi connectivity index (χ3v) is 5.36. The van der Waals surface area contributed by atoms with Gasteiger partial charge >= 0.3 is 6.09 Å². The smallest absolute Gasteiger partial charge is 0.410 e. The van der Waals surface area contributed by atoms with Gasteiger partial charge in [-0.25, -0.2) is 4.79 Å². The minimum atomic E-state index is -1.20. The van der Waals surface area contributed by atoms with Crippen molar-refractivity contribution in [2.24, 2.45) is 10.3 Å². The van der Waals surface area contributed by atoms with Crippen LogP contribution in [0.5, 0.6) is 0 Å². The van der Waals surface area contributed by atoms with Crippen LogP contribution in [-0.4, -0.2) is 44.2 Å². The van der Waals surface area contributed by atoms with Crippen molar-refractivity contribution in [2.75, 3.05) is 6.54 Å². The summed E-state index contributed by atoms with van der Waals surface area (Å²) < 4.78 is 21.2. The minimum Gasteiger partial charge on any atom is -0.591 e. The van der Waals surface area contributed by atoms with Crippen LogP contribution in [-0.2, 0) is 16.1 Å². The monoisotopic (exact) mass is 358 g/mol. The number of nitrogens with zero attached hydrogens (tertiary/aromatic N) is 2. The summed E-state index contributed by atoms with van der Waals surface area (Å²) in [5.41, 5.74) is -0.673. The van der Waals surface area contributed by atoms with Gasteiger partial charge in [-0.3, -0.25) is 0 Å². The molecular weight excluding hydrogens is 324 g/mol. The van der Waals surface area contributed by atoms with E-state index in [1.165, 1.54) is 0 Å². The SMILES string of the molecule is CC(C)(C)OC(=O)N1C[C@@H](CC/C=N\[S+]([O-])C(C)(C)C)CC1(C)C. The topological polar surface area (TPSA) is 65.0 Å². The summed E-state index contributed by atoms with van der Waals surface area (Å²) in [6, 6.07) is 0. The molecule has 0 N–H and O–H groups in total. The first-order chi connectivity index (χ1) is 10.7. The molecule has 0 bridgehead atoms. The van der Waals surface area contributed by atoms with Crippen molar-refractivity contribution < 1.29 is 14.1 Å². The van der Waals surface area contributed by atoms with Gasteiger partial charge in [0, 0.05) is 12.1 Å². The lowest BCUT2D eigenvalue weighted by atomic mass is 9.93. The van der Waals surface area contributed by atoms with Gasteiger partial charge in [-0.1, -0.05) is 4.40 Å². The van der Waals surface area contributed by atoms with Crippen LogP contribution in [0.1, 0.15) is 74.7 Å². The Morgan fingerprint density at radius 3 is 2.42 bits per heavy atom. The van der Waals surface area contributed by atoms with Crippen molar-refractivity contribution in [2.45, 2.75) is 90.5 Å². The molecular formula is C18H34N2O3S. The van der Waals surface area contributed by atoms with E-state index in [0.29, 0.717) is 12.5 Å². The molecule has 1 unspecified atom stereocenters. The average Bonchev–Trinajstić information content (AvgIpc) is 2.66. The number of carbonyl (C=O) groups is 1. The van der Waals surface area contributed by atoms with Crippen molar-refractivity contribution in [3.8, 4) is 0 Å². The van der Waals surface area contributed by atoms with E-state index in [1.54, 1.807) is 6.21 Å². The normalized spacial score (nSPS) is 22.9. The fraction of sp³-hybridized carbons (Fsp3) is 0.889. The van der Waals surface area contributed by atoms with E-state index in [9.17, 15) is 9.35 Å². The second-order valence-electron chi connectivity index (χ2n) is 9.20. The Bertz CT molecular complexity index is 464. The molecule has 140 valence electrons. The van der Waals surface area contributed by atoms with Gasteiger partial charge in [0.2, 0.25) is 0 Å². The van der Waals surface area contributed by atoms with Gasteiger partial charge in [0.05, 0.1) is 6.21 Å². The van der Waals surface area contributed by atoms with Crippen molar-refractivity contribution in [1.29, 1.82) is 0 Å². The molecule has 1 rings (SSSR count). The zero-order valence-corrected chi connectivity index (χ0v) is 17.3. The molecule has 0 aromatic heterocycles. The van der Waals surface area contributed by atoms with E-state index in [2.05, 4.69) is 18.2 Å². The highest BCUT2D eigenvalue weighted by Gasteiger charge is 2.42. The van der Waals surface area contributed by atoms with Crippen LogP contribution in [0.2, 0.25) is 0 Å². The summed E-state index contributed by atoms with van der Waals surface area (Å²) >= 11 is -1.20. The highest BCUT2D eigenvalue weighted by Crippen LogP contribution is 2.35. The number of hydrogen-bond acceptors (Lipinski definition) is 4. The Kier molecular flexibility index (Phi) is 6.78. The summed E-state index contributed by atoms with van der Waals surface area (Å²) in [6.45, 7) is 16.3. The largest absolute Gasteiger partial charge is 0.591 e. The molecule has 6 heteroatoms. The summed E-state index contributed by atoms with van der Waals surface area (Å²) in [7, 11) is 0. The Labute approximate surface area is 150 Å². The fourth-order valence-electron chi connectivity index (χ4n) is 2.81. The molecule has 0 radical (unpaired) electrons. The van der Waals surface area contributed by atoms with Crippen LogP contribution in [0.15, 0.2) is 4.40 Å². The predicted molar refractivity (Wildman–Crippen MR) is 101 cm³/mol. The summed E-state index contributed by atoms with van der Waals surface area (Å²) in [5, 5.41) is 0. The van der Waals surface area contributed by atoms with Crippen molar-refractivity contribution in [3.05, 3.63) is 0 Å². The van der Waals surface area contributed by atoms with Crippen molar-refractivity contribution >= 4 is 23.7 Å². The van der Waals surface area contributed by atoms with Gasteiger partial charge in [-0.05, 0) is 80.6 Å². The Hall–Kier alpha value is -0.750. The zero-order valence-electron chi connectivity index (χ0n) is 16.5. The second kappa shape index (κ2) is 7.65. The molecule has 5 nitrogen and oxygen atoms in total. The lowest BCUT2D eigenvalue weighted by Gasteiger charge is -2.33. The standard InChI is InChI=1S/C18H34N2O3S/c1-16(2,3)23-15(21)20-13-14(12-18(20,7)8)10-9-11-19-24(22)17(4,5)6/h11,14H,9-10,12-13H2,1-8H3/b19-11-/t14-,24?/m0/s1. The molecule has 1 saturated heterocycles. The number of likely N-dealkylation sites (tertiary alicyclic amines) is 1. The Morgan fingerprint density at radius 1 is 1.33 bits per heavy atom. The maximum Gasteiger partial charge on any atom is 0.410 e. The quantitative estimate of drug-likeness (QED) is 0.555. The summed E-state index contributed by atoms with van der Waals surface area (Å²) in [4.78, 5) is 14.2. The molecule has 1 aliphatic rings. The first-order valence-electron chi connectivity index (χ1n) is 8.67. The molecule has 0 aromatic carbocycles. The van der Waals surface area contributed by atoms with E-state index < -0.39 is 17.0 Å². The molecule has 2 atom stereocenters. The summed E-state index contributed by atoms with van der Waals surface area (Å²) in [6.07, 6.45) is 4.20. The maximum atomic E-state index is 12.4. The van der Waals surface area contributed by atoms with Gasteiger partial charge in [0.15, 0.2) is 0 Å². The molecule has 0 aliphatic carbocycles. The van der Waals surface area contributed by atoms with Crippen molar-refractivity contribution in [1.82, 2.24) is 4.90 Å². The lowest BCUT2D eigenvalue weighted by Crippen LogP contribution is -2.45. The number of amides is 1. The molecule has 0 spiro atoms. The molecule has 0 aromatic rings. The van der Waals surface area contributed by atoms with Crippen LogP contribution in [0, 0.1) is 5.92 Å². The van der Waals surface area contributed by atoms with Gasteiger partial charge in [0.25, 0.3) is 0 Å². The van der Waals surface area contributed by atoms with Crippen LogP contribution in [0.25, 0.3) is 0 Å². The first-order valence-corrected chi connectivity index (χ1v) is 9.78. The zero-order chi connectivity index (χ0) is 18.8. The molecule has 1 amide bonds. The highest BCUT2D eigenvalue weighted by molar-refractivity contribution is 7.91. The molecule has 1 heterocycles. The van der Waals surface area contributed by atoms with Crippen molar-refractivity contribution in [3.63, 3.8) is 0 Å². The average molecular weight is 359 g/mol. The van der Waals surface area contributed by atoms with E-state index in [-0.39, 0.29) is 16.4 Å². The second-order valence-corrected chi connectivity index (χ2v) is 11.1. The molecule has 0 saturated carbocycles. The van der Waals surface area contributed by atoms with E-state index in [4.69, 9.17) is 4.74 Å². The van der Waals surface area contributed by atoms with Gasteiger partial charge in [0.1, 0.15) is 21.7 Å². The number of ether oxygens (including phenoxy) is 1. The number of carbonyl (C=O) groups excluding carboxylic acids is 1.